The van der Waals surface area contributed by atoms with Gasteiger partial charge in [0.05, 0.1) is 17.5 Å². The van der Waals surface area contributed by atoms with Crippen LogP contribution < -0.4 is 0 Å². The lowest BCUT2D eigenvalue weighted by atomic mass is 10.1. The van der Waals surface area contributed by atoms with Crippen LogP contribution in [-0.2, 0) is 6.18 Å². The Balaban J connectivity index is 1.99. The van der Waals surface area contributed by atoms with Gasteiger partial charge in [-0.3, -0.25) is 0 Å². The zero-order valence-electron chi connectivity index (χ0n) is 9.76. The molecule has 1 N–H and O–H groups in total. The standard InChI is InChI=1S/C13H10F4N2/c14-10-4-3-8(5-9(10)13(15,16)17)11-6-18-12(19-11)7-1-2-7/h3-7H,1-2H2,(H,18,19). The fraction of sp³-hybridized carbons (Fsp3) is 0.308. The van der Waals surface area contributed by atoms with Crippen molar-refractivity contribution >= 4 is 0 Å². The zero-order valence-corrected chi connectivity index (χ0v) is 9.76. The van der Waals surface area contributed by atoms with E-state index in [1.165, 1.54) is 12.3 Å². The molecule has 1 saturated carbocycles. The van der Waals surface area contributed by atoms with Crippen LogP contribution in [0.5, 0.6) is 0 Å². The van der Waals surface area contributed by atoms with E-state index in [4.69, 9.17) is 0 Å². The highest BCUT2D eigenvalue weighted by Crippen LogP contribution is 2.39. The van der Waals surface area contributed by atoms with Crippen molar-refractivity contribution in [2.24, 2.45) is 0 Å². The normalized spacial score (nSPS) is 15.8. The van der Waals surface area contributed by atoms with Gasteiger partial charge in [0.2, 0.25) is 0 Å². The van der Waals surface area contributed by atoms with Gasteiger partial charge in [-0.25, -0.2) is 9.37 Å². The molecule has 1 aromatic carbocycles. The molecule has 2 nitrogen and oxygen atoms in total. The summed E-state index contributed by atoms with van der Waals surface area (Å²) in [6.07, 6.45) is -1.12. The number of halogens is 4. The second-order valence-electron chi connectivity index (χ2n) is 4.65. The van der Waals surface area contributed by atoms with Crippen molar-refractivity contribution < 1.29 is 17.6 Å². The highest BCUT2D eigenvalue weighted by atomic mass is 19.4. The lowest BCUT2D eigenvalue weighted by molar-refractivity contribution is -0.139. The molecule has 0 spiro atoms. The maximum atomic E-state index is 13.2. The average Bonchev–Trinajstić information content (AvgIpc) is 3.07. The van der Waals surface area contributed by atoms with Crippen LogP contribution in [0.25, 0.3) is 11.3 Å². The monoisotopic (exact) mass is 270 g/mol. The minimum atomic E-state index is -4.70. The molecule has 6 heteroatoms. The lowest BCUT2D eigenvalue weighted by Crippen LogP contribution is -2.08. The predicted octanol–water partition coefficient (Wildman–Crippen LogP) is 4.11. The molecule has 0 unspecified atom stereocenters. The van der Waals surface area contributed by atoms with Gasteiger partial charge < -0.3 is 4.98 Å². The molecule has 3 rings (SSSR count). The minimum absolute atomic E-state index is 0.285. The summed E-state index contributed by atoms with van der Waals surface area (Å²) >= 11 is 0. The van der Waals surface area contributed by atoms with Crippen molar-refractivity contribution in [3.8, 4) is 11.3 Å². The molecule has 0 saturated heterocycles. The van der Waals surface area contributed by atoms with E-state index in [1.807, 2.05) is 0 Å². The highest BCUT2D eigenvalue weighted by Gasteiger charge is 2.34. The van der Waals surface area contributed by atoms with Crippen molar-refractivity contribution in [3.63, 3.8) is 0 Å². The maximum Gasteiger partial charge on any atom is 0.419 e. The van der Waals surface area contributed by atoms with Gasteiger partial charge in [0, 0.05) is 11.5 Å². The molecule has 100 valence electrons. The van der Waals surface area contributed by atoms with Gasteiger partial charge in [-0.15, -0.1) is 0 Å². The number of imidazole rings is 1. The Morgan fingerprint density at radius 3 is 2.58 bits per heavy atom. The van der Waals surface area contributed by atoms with E-state index in [1.54, 1.807) is 0 Å². The Bertz CT molecular complexity index is 611. The number of H-pyrrole nitrogens is 1. The summed E-state index contributed by atoms with van der Waals surface area (Å²) in [7, 11) is 0. The molecule has 0 bridgehead atoms. The van der Waals surface area contributed by atoms with Crippen molar-refractivity contribution in [1.29, 1.82) is 0 Å². The number of aromatic nitrogens is 2. The third kappa shape index (κ3) is 2.34. The van der Waals surface area contributed by atoms with Crippen molar-refractivity contribution in [2.45, 2.75) is 24.9 Å². The summed E-state index contributed by atoms with van der Waals surface area (Å²) in [6.45, 7) is 0. The molecule has 0 atom stereocenters. The fourth-order valence-corrected chi connectivity index (χ4v) is 1.96. The second kappa shape index (κ2) is 4.08. The molecule has 0 aliphatic heterocycles. The number of rotatable bonds is 2. The third-order valence-corrected chi connectivity index (χ3v) is 3.14. The number of nitrogens with zero attached hydrogens (tertiary/aromatic N) is 1. The maximum absolute atomic E-state index is 13.2. The first-order chi connectivity index (χ1) is 8.95. The van der Waals surface area contributed by atoms with Crippen molar-refractivity contribution in [2.75, 3.05) is 0 Å². The Kier molecular flexibility index (Phi) is 2.62. The van der Waals surface area contributed by atoms with Gasteiger partial charge in [-0.05, 0) is 31.0 Å². The van der Waals surface area contributed by atoms with Crippen LogP contribution in [0, 0.1) is 5.82 Å². The molecule has 0 radical (unpaired) electrons. The van der Waals surface area contributed by atoms with Gasteiger partial charge in [-0.1, -0.05) is 0 Å². The molecular weight excluding hydrogens is 260 g/mol. The second-order valence-corrected chi connectivity index (χ2v) is 4.65. The van der Waals surface area contributed by atoms with E-state index in [-0.39, 0.29) is 5.56 Å². The predicted molar refractivity (Wildman–Crippen MR) is 61.0 cm³/mol. The van der Waals surface area contributed by atoms with E-state index in [2.05, 4.69) is 9.97 Å². The number of nitrogens with one attached hydrogen (secondary N) is 1. The van der Waals surface area contributed by atoms with E-state index in [0.29, 0.717) is 11.6 Å². The fourth-order valence-electron chi connectivity index (χ4n) is 1.96. The van der Waals surface area contributed by atoms with Crippen molar-refractivity contribution in [1.82, 2.24) is 9.97 Å². The van der Waals surface area contributed by atoms with Gasteiger partial charge in [0.25, 0.3) is 0 Å². The molecule has 1 fully saturated rings. The first-order valence-corrected chi connectivity index (χ1v) is 5.87. The minimum Gasteiger partial charge on any atom is -0.342 e. The molecule has 2 aromatic rings. The number of hydrogen-bond acceptors (Lipinski definition) is 1. The molecule has 1 heterocycles. The van der Waals surface area contributed by atoms with Crippen LogP contribution in [0.4, 0.5) is 17.6 Å². The first-order valence-electron chi connectivity index (χ1n) is 5.87. The van der Waals surface area contributed by atoms with E-state index >= 15 is 0 Å². The summed E-state index contributed by atoms with van der Waals surface area (Å²) in [5.74, 6) is -0.0950. The van der Waals surface area contributed by atoms with E-state index < -0.39 is 17.6 Å². The molecule has 1 aliphatic carbocycles. The van der Waals surface area contributed by atoms with Crippen LogP contribution in [0.1, 0.15) is 30.1 Å². The summed E-state index contributed by atoms with van der Waals surface area (Å²) in [6, 6.07) is 2.95. The number of alkyl halides is 3. The Morgan fingerprint density at radius 1 is 1.21 bits per heavy atom. The third-order valence-electron chi connectivity index (χ3n) is 3.14. The largest absolute Gasteiger partial charge is 0.419 e. The van der Waals surface area contributed by atoms with E-state index in [9.17, 15) is 17.6 Å². The summed E-state index contributed by atoms with van der Waals surface area (Å²) in [5, 5.41) is 0. The first kappa shape index (κ1) is 12.2. The lowest BCUT2D eigenvalue weighted by Gasteiger charge is -2.09. The van der Waals surface area contributed by atoms with Gasteiger partial charge in [0.1, 0.15) is 11.6 Å². The molecule has 1 aliphatic rings. The Hall–Kier alpha value is -1.85. The highest BCUT2D eigenvalue weighted by molar-refractivity contribution is 5.60. The summed E-state index contributed by atoms with van der Waals surface area (Å²) in [4.78, 5) is 7.13. The summed E-state index contributed by atoms with van der Waals surface area (Å²) < 4.78 is 51.0. The van der Waals surface area contributed by atoms with E-state index in [0.717, 1.165) is 30.8 Å². The van der Waals surface area contributed by atoms with Crippen LogP contribution in [-0.4, -0.2) is 9.97 Å². The van der Waals surface area contributed by atoms with Gasteiger partial charge in [0.15, 0.2) is 0 Å². The van der Waals surface area contributed by atoms with Crippen molar-refractivity contribution in [3.05, 3.63) is 41.6 Å². The van der Waals surface area contributed by atoms with Crippen LogP contribution >= 0.6 is 0 Å². The number of hydrogen-bond donors (Lipinski definition) is 1. The quantitative estimate of drug-likeness (QED) is 0.817. The van der Waals surface area contributed by atoms with Gasteiger partial charge in [-0.2, -0.15) is 13.2 Å². The zero-order chi connectivity index (χ0) is 13.6. The smallest absolute Gasteiger partial charge is 0.342 e. The Labute approximate surface area is 106 Å². The average molecular weight is 270 g/mol. The molecule has 19 heavy (non-hydrogen) atoms. The summed E-state index contributed by atoms with van der Waals surface area (Å²) in [5.41, 5.74) is -0.493. The van der Waals surface area contributed by atoms with Crippen LogP contribution in [0.3, 0.4) is 0 Å². The number of benzene rings is 1. The van der Waals surface area contributed by atoms with Crippen LogP contribution in [0.2, 0.25) is 0 Å². The molecular formula is C13H10F4N2. The number of aromatic amines is 1. The van der Waals surface area contributed by atoms with Crippen LogP contribution in [0.15, 0.2) is 24.4 Å². The van der Waals surface area contributed by atoms with Gasteiger partial charge >= 0.3 is 6.18 Å². The molecule has 0 amide bonds. The Morgan fingerprint density at radius 2 is 1.95 bits per heavy atom. The topological polar surface area (TPSA) is 28.7 Å². The SMILES string of the molecule is Fc1ccc(-c2cnc(C3CC3)[nH]2)cc1C(F)(F)F. The molecule has 1 aromatic heterocycles.